The predicted molar refractivity (Wildman–Crippen MR) is 124 cm³/mol. The monoisotopic (exact) mass is 450 g/mol. The number of ketones is 1. The van der Waals surface area contributed by atoms with E-state index in [1.54, 1.807) is 43.6 Å². The third kappa shape index (κ3) is 4.37. The minimum Gasteiger partial charge on any atom is -0.507 e. The highest BCUT2D eigenvalue weighted by Gasteiger charge is 2.47. The molecule has 3 heterocycles. The number of carbonyl (C=O) groups excluding carboxylic acids is 2. The summed E-state index contributed by atoms with van der Waals surface area (Å²) >= 11 is 0. The maximum absolute atomic E-state index is 13.2. The van der Waals surface area contributed by atoms with Crippen LogP contribution in [-0.4, -0.2) is 53.0 Å². The summed E-state index contributed by atoms with van der Waals surface area (Å²) in [5, 5.41) is 11.4. The molecule has 1 amide bonds. The summed E-state index contributed by atoms with van der Waals surface area (Å²) in [6.07, 6.45) is 3.23. The largest absolute Gasteiger partial charge is 0.507 e. The second-order valence-electron chi connectivity index (χ2n) is 9.51. The molecule has 2 fully saturated rings. The Morgan fingerprint density at radius 3 is 2.64 bits per heavy atom. The van der Waals surface area contributed by atoms with Gasteiger partial charge in [-0.05, 0) is 48.6 Å². The molecule has 0 saturated carbocycles. The van der Waals surface area contributed by atoms with Crippen molar-refractivity contribution in [3.05, 3.63) is 65.0 Å². The molecule has 1 N–H and O–H groups in total. The van der Waals surface area contributed by atoms with E-state index in [0.29, 0.717) is 23.6 Å². The van der Waals surface area contributed by atoms with Gasteiger partial charge in [0.2, 0.25) is 0 Å². The third-order valence-corrected chi connectivity index (χ3v) is 6.21. The zero-order chi connectivity index (χ0) is 23.8. The average Bonchev–Trinajstić information content (AvgIpc) is 3.40. The fraction of sp³-hybridized carbons (Fsp3) is 0.423. The number of methoxy groups -OCH3 is 1. The van der Waals surface area contributed by atoms with Gasteiger partial charge < -0.3 is 19.5 Å². The molecular weight excluding hydrogens is 420 g/mol. The van der Waals surface area contributed by atoms with Gasteiger partial charge in [-0.25, -0.2) is 0 Å². The molecule has 2 aliphatic heterocycles. The molecule has 33 heavy (non-hydrogen) atoms. The van der Waals surface area contributed by atoms with Crippen molar-refractivity contribution in [3.8, 4) is 5.75 Å². The lowest BCUT2D eigenvalue weighted by Gasteiger charge is -2.27. The first-order valence-electron chi connectivity index (χ1n) is 11.2. The summed E-state index contributed by atoms with van der Waals surface area (Å²) in [6, 6.07) is 9.85. The van der Waals surface area contributed by atoms with Gasteiger partial charge in [-0.2, -0.15) is 0 Å². The highest BCUT2D eigenvalue weighted by atomic mass is 16.5. The van der Waals surface area contributed by atoms with Crippen LogP contribution in [0.25, 0.3) is 5.76 Å². The number of benzene rings is 1. The number of likely N-dealkylation sites (tertiary alicyclic amines) is 1. The Labute approximate surface area is 194 Å². The molecule has 0 bridgehead atoms. The quantitative estimate of drug-likeness (QED) is 0.421. The number of pyridine rings is 1. The molecule has 2 saturated heterocycles. The standard InChI is InChI=1S/C26H30N2O5/c1-26(2,3)18-14-16(10-11-20(18)32-4)23(29)21-22(19-9-5-6-12-27-19)28(25(31)24(21)30)15-17-8-7-13-33-17/h5-6,9-12,14,17,22,29H,7-8,13,15H2,1-4H3/b23-21-. The highest BCUT2D eigenvalue weighted by molar-refractivity contribution is 6.46. The van der Waals surface area contributed by atoms with Crippen LogP contribution >= 0.6 is 0 Å². The van der Waals surface area contributed by atoms with Crippen LogP contribution in [0.3, 0.4) is 0 Å². The molecule has 1 aromatic heterocycles. The Morgan fingerprint density at radius 1 is 1.24 bits per heavy atom. The van der Waals surface area contributed by atoms with Gasteiger partial charge in [0.15, 0.2) is 0 Å². The fourth-order valence-electron chi connectivity index (χ4n) is 4.52. The number of hydrogen-bond donors (Lipinski definition) is 1. The van der Waals surface area contributed by atoms with Crippen molar-refractivity contribution in [2.75, 3.05) is 20.3 Å². The second-order valence-corrected chi connectivity index (χ2v) is 9.51. The Balaban J connectivity index is 1.84. The number of carbonyl (C=O) groups is 2. The number of aromatic nitrogens is 1. The van der Waals surface area contributed by atoms with Crippen LogP contribution < -0.4 is 4.74 Å². The zero-order valence-corrected chi connectivity index (χ0v) is 19.5. The van der Waals surface area contributed by atoms with E-state index in [0.717, 1.165) is 18.4 Å². The minimum atomic E-state index is -0.782. The molecule has 2 aliphatic rings. The van der Waals surface area contributed by atoms with Gasteiger partial charge in [-0.15, -0.1) is 0 Å². The van der Waals surface area contributed by atoms with Crippen LogP contribution in [-0.2, 0) is 19.7 Å². The van der Waals surface area contributed by atoms with Gasteiger partial charge in [0, 0.05) is 30.5 Å². The van der Waals surface area contributed by atoms with Crippen LogP contribution in [0.2, 0.25) is 0 Å². The lowest BCUT2D eigenvalue weighted by Crippen LogP contribution is -2.36. The van der Waals surface area contributed by atoms with Crippen LogP contribution in [0.4, 0.5) is 0 Å². The Bertz CT molecular complexity index is 1080. The fourth-order valence-corrected chi connectivity index (χ4v) is 4.52. The predicted octanol–water partition coefficient (Wildman–Crippen LogP) is 3.99. The molecule has 2 aromatic rings. The summed E-state index contributed by atoms with van der Waals surface area (Å²) in [5.74, 6) is -0.882. The van der Waals surface area contributed by atoms with Crippen molar-refractivity contribution >= 4 is 17.4 Å². The van der Waals surface area contributed by atoms with E-state index in [-0.39, 0.29) is 29.4 Å². The van der Waals surface area contributed by atoms with Gasteiger partial charge in [0.25, 0.3) is 11.7 Å². The summed E-state index contributed by atoms with van der Waals surface area (Å²) in [7, 11) is 1.60. The second kappa shape index (κ2) is 8.98. The van der Waals surface area contributed by atoms with Gasteiger partial charge in [0.1, 0.15) is 17.6 Å². The van der Waals surface area contributed by atoms with E-state index >= 15 is 0 Å². The first-order chi connectivity index (χ1) is 15.7. The van der Waals surface area contributed by atoms with E-state index < -0.39 is 17.7 Å². The summed E-state index contributed by atoms with van der Waals surface area (Å²) in [4.78, 5) is 32.2. The van der Waals surface area contributed by atoms with E-state index in [4.69, 9.17) is 9.47 Å². The number of ether oxygens (including phenoxy) is 2. The Kier molecular flexibility index (Phi) is 6.26. The van der Waals surface area contributed by atoms with E-state index in [1.165, 1.54) is 4.90 Å². The molecule has 4 rings (SSSR count). The SMILES string of the molecule is COc1ccc(/C(O)=C2/C(=O)C(=O)N(CC3CCCO3)C2c2ccccn2)cc1C(C)(C)C. The molecule has 7 nitrogen and oxygen atoms in total. The van der Waals surface area contributed by atoms with Crippen LogP contribution in [0, 0.1) is 0 Å². The molecule has 174 valence electrons. The highest BCUT2D eigenvalue weighted by Crippen LogP contribution is 2.40. The summed E-state index contributed by atoms with van der Waals surface area (Å²) in [6.45, 7) is 7.05. The maximum atomic E-state index is 13.2. The van der Waals surface area contributed by atoms with E-state index in [9.17, 15) is 14.7 Å². The van der Waals surface area contributed by atoms with Crippen molar-refractivity contribution < 1.29 is 24.2 Å². The van der Waals surface area contributed by atoms with Crippen molar-refractivity contribution in [1.29, 1.82) is 0 Å². The zero-order valence-electron chi connectivity index (χ0n) is 19.5. The number of nitrogens with zero attached hydrogens (tertiary/aromatic N) is 2. The topological polar surface area (TPSA) is 89.0 Å². The number of aliphatic hydroxyl groups is 1. The van der Waals surface area contributed by atoms with Gasteiger partial charge >= 0.3 is 0 Å². The molecular formula is C26H30N2O5. The van der Waals surface area contributed by atoms with E-state index in [1.807, 2.05) is 26.8 Å². The van der Waals surface area contributed by atoms with Gasteiger partial charge in [-0.3, -0.25) is 14.6 Å². The lowest BCUT2D eigenvalue weighted by atomic mass is 9.84. The number of rotatable bonds is 5. The number of amides is 1. The lowest BCUT2D eigenvalue weighted by molar-refractivity contribution is -0.140. The average molecular weight is 451 g/mol. The first kappa shape index (κ1) is 23.0. The number of Topliss-reactive ketones (excluding diaryl/α,β-unsaturated/α-hetero) is 1. The van der Waals surface area contributed by atoms with Crippen LogP contribution in [0.15, 0.2) is 48.2 Å². The van der Waals surface area contributed by atoms with Crippen molar-refractivity contribution in [2.45, 2.75) is 51.2 Å². The number of aliphatic hydroxyl groups excluding tert-OH is 1. The van der Waals surface area contributed by atoms with Crippen molar-refractivity contribution in [2.24, 2.45) is 0 Å². The summed E-state index contributed by atoms with van der Waals surface area (Å²) < 4.78 is 11.2. The molecule has 2 unspecified atom stereocenters. The molecule has 0 aliphatic carbocycles. The number of hydrogen-bond acceptors (Lipinski definition) is 6. The van der Waals surface area contributed by atoms with Crippen molar-refractivity contribution in [3.63, 3.8) is 0 Å². The van der Waals surface area contributed by atoms with Crippen molar-refractivity contribution in [1.82, 2.24) is 9.88 Å². The smallest absolute Gasteiger partial charge is 0.295 e. The normalized spacial score (nSPS) is 22.7. The Hall–Kier alpha value is -3.19. The Morgan fingerprint density at radius 2 is 2.03 bits per heavy atom. The minimum absolute atomic E-state index is 0.0433. The summed E-state index contributed by atoms with van der Waals surface area (Å²) in [5.41, 5.74) is 1.66. The first-order valence-corrected chi connectivity index (χ1v) is 11.2. The molecule has 0 spiro atoms. The molecule has 7 heteroatoms. The van der Waals surface area contributed by atoms with Gasteiger partial charge in [-0.1, -0.05) is 26.8 Å². The van der Waals surface area contributed by atoms with Crippen LogP contribution in [0.5, 0.6) is 5.75 Å². The molecule has 1 aromatic carbocycles. The maximum Gasteiger partial charge on any atom is 0.295 e. The third-order valence-electron chi connectivity index (χ3n) is 6.21. The molecule has 2 atom stereocenters. The van der Waals surface area contributed by atoms with E-state index in [2.05, 4.69) is 4.98 Å². The van der Waals surface area contributed by atoms with Gasteiger partial charge in [0.05, 0.1) is 24.5 Å². The molecule has 0 radical (unpaired) electrons. The van der Waals surface area contributed by atoms with Crippen LogP contribution in [0.1, 0.15) is 56.5 Å².